The zero-order chi connectivity index (χ0) is 15.1. The van der Waals surface area contributed by atoms with Crippen molar-refractivity contribution in [1.29, 1.82) is 0 Å². The van der Waals surface area contributed by atoms with Crippen molar-refractivity contribution in [2.45, 2.75) is 77.7 Å². The van der Waals surface area contributed by atoms with Gasteiger partial charge in [0, 0.05) is 11.5 Å². The molecule has 116 valence electrons. The minimum atomic E-state index is -2.92. The van der Waals surface area contributed by atoms with Gasteiger partial charge in [0.05, 0.1) is 6.04 Å². The first kappa shape index (κ1) is 15.5. The molecule has 2 saturated carbocycles. The Morgan fingerprint density at radius 3 is 2.40 bits per heavy atom. The molecule has 3 nitrogen and oxygen atoms in total. The molecule has 1 unspecified atom stereocenters. The van der Waals surface area contributed by atoms with Gasteiger partial charge < -0.3 is 4.89 Å². The van der Waals surface area contributed by atoms with Crippen molar-refractivity contribution in [3.63, 3.8) is 0 Å². The van der Waals surface area contributed by atoms with Gasteiger partial charge in [-0.2, -0.15) is 0 Å². The molecule has 0 aromatic heterocycles. The lowest BCUT2D eigenvalue weighted by atomic mass is 9.70. The van der Waals surface area contributed by atoms with Crippen LogP contribution in [0.3, 0.4) is 0 Å². The molecule has 0 aromatic carbocycles. The smallest absolute Gasteiger partial charge is 0.192 e. The van der Waals surface area contributed by atoms with E-state index in [1.807, 2.05) is 6.92 Å². The largest absolute Gasteiger partial charge is 0.640 e. The number of nitrogens with zero attached hydrogens (tertiary/aromatic N) is 1. The van der Waals surface area contributed by atoms with Crippen molar-refractivity contribution in [3.05, 3.63) is 0 Å². The van der Waals surface area contributed by atoms with E-state index in [0.29, 0.717) is 5.92 Å². The molecule has 3 fully saturated rings. The van der Waals surface area contributed by atoms with Crippen molar-refractivity contribution in [2.24, 2.45) is 16.7 Å². The Bertz CT molecular complexity index is 430. The molecule has 1 aliphatic heterocycles. The van der Waals surface area contributed by atoms with Gasteiger partial charge in [0.15, 0.2) is 13.0 Å². The van der Waals surface area contributed by atoms with Crippen LogP contribution in [0.25, 0.3) is 0 Å². The highest BCUT2D eigenvalue weighted by Crippen LogP contribution is 2.79. The first-order valence-corrected chi connectivity index (χ1v) is 9.86. The molecule has 2 aliphatic carbocycles. The third kappa shape index (κ3) is 1.57. The molecule has 0 aromatic rings. The van der Waals surface area contributed by atoms with Crippen LogP contribution in [0.5, 0.6) is 0 Å². The maximum Gasteiger partial charge on any atom is 0.192 e. The highest BCUT2D eigenvalue weighted by Gasteiger charge is 2.76. The van der Waals surface area contributed by atoms with Crippen molar-refractivity contribution in [3.8, 4) is 0 Å². The molecule has 2 bridgehead atoms. The number of alkyl halides is 1. The van der Waals surface area contributed by atoms with Crippen LogP contribution in [0.4, 0.5) is 0 Å². The maximum atomic E-state index is 13.3. The molecular formula is C15H27ClNO2P. The molecule has 5 heteroatoms. The van der Waals surface area contributed by atoms with Gasteiger partial charge >= 0.3 is 0 Å². The van der Waals surface area contributed by atoms with Gasteiger partial charge in [-0.1, -0.05) is 32.4 Å². The Balaban J connectivity index is 2.07. The van der Waals surface area contributed by atoms with Crippen LogP contribution in [-0.4, -0.2) is 28.0 Å². The Labute approximate surface area is 128 Å². The minimum Gasteiger partial charge on any atom is -0.640 e. The quantitative estimate of drug-likeness (QED) is 0.576. The van der Waals surface area contributed by atoms with Crippen LogP contribution in [0.1, 0.15) is 54.4 Å². The molecule has 0 spiro atoms. The number of fused-ring (bicyclic) bond motifs is 5. The summed E-state index contributed by atoms with van der Waals surface area (Å²) in [6, 6.07) is 0.478. The molecule has 6 atom stereocenters. The van der Waals surface area contributed by atoms with Gasteiger partial charge in [-0.15, -0.1) is 4.67 Å². The molecule has 20 heavy (non-hydrogen) atoms. The van der Waals surface area contributed by atoms with E-state index in [-0.39, 0.29) is 29.0 Å². The van der Waals surface area contributed by atoms with Crippen molar-refractivity contribution < 1.29 is 9.42 Å². The van der Waals surface area contributed by atoms with E-state index in [9.17, 15) is 4.89 Å². The standard InChI is InChI=1S/C15H27ClNO2P/c1-9(2)17-12-11-7-8-15(6,14(11,4)5)13(12)19-20(17,18)10(3)16/h9-13H,7-8H2,1-6H3/t10-,11+,12+,13+,15-,20?/m0/s1. The summed E-state index contributed by atoms with van der Waals surface area (Å²) >= 11 is 6.28. The Morgan fingerprint density at radius 2 is 1.90 bits per heavy atom. The highest BCUT2D eigenvalue weighted by molar-refractivity contribution is 7.64. The number of halogens is 1. The van der Waals surface area contributed by atoms with Crippen molar-refractivity contribution in [2.75, 3.05) is 0 Å². The van der Waals surface area contributed by atoms with Crippen LogP contribution < -0.4 is 4.89 Å². The predicted molar refractivity (Wildman–Crippen MR) is 82.5 cm³/mol. The first-order chi connectivity index (χ1) is 9.07. The summed E-state index contributed by atoms with van der Waals surface area (Å²) in [5.74, 6) is 0.561. The second kappa shape index (κ2) is 4.32. The Hall–Kier alpha value is 0.600. The monoisotopic (exact) mass is 319 g/mol. The molecule has 0 amide bonds. The van der Waals surface area contributed by atoms with E-state index < -0.39 is 13.0 Å². The van der Waals surface area contributed by atoms with Gasteiger partial charge in [0.1, 0.15) is 6.10 Å². The summed E-state index contributed by atoms with van der Waals surface area (Å²) in [7, 11) is -2.92. The summed E-state index contributed by atoms with van der Waals surface area (Å²) in [6.07, 6.45) is 2.47. The first-order valence-electron chi connectivity index (χ1n) is 7.78. The van der Waals surface area contributed by atoms with E-state index in [1.165, 1.54) is 12.8 Å². The van der Waals surface area contributed by atoms with Crippen LogP contribution in [0.2, 0.25) is 0 Å². The summed E-state index contributed by atoms with van der Waals surface area (Å²) in [5.41, 5.74) is 0.365. The maximum absolute atomic E-state index is 13.3. The van der Waals surface area contributed by atoms with Gasteiger partial charge in [0.25, 0.3) is 0 Å². The van der Waals surface area contributed by atoms with E-state index in [0.717, 1.165) is 0 Å². The third-order valence-corrected chi connectivity index (χ3v) is 10.1. The van der Waals surface area contributed by atoms with Gasteiger partial charge in [0.2, 0.25) is 0 Å². The number of rotatable bonds is 2. The summed E-state index contributed by atoms with van der Waals surface area (Å²) < 4.78 is 8.38. The van der Waals surface area contributed by atoms with E-state index >= 15 is 0 Å². The van der Waals surface area contributed by atoms with Crippen molar-refractivity contribution in [1.82, 2.24) is 4.67 Å². The second-order valence-corrected chi connectivity index (χ2v) is 11.4. The molecular weight excluding hydrogens is 293 g/mol. The second-order valence-electron chi connectivity index (χ2n) is 7.91. The van der Waals surface area contributed by atoms with E-state index in [2.05, 4.69) is 39.3 Å². The zero-order valence-corrected chi connectivity index (χ0v) is 15.0. The number of hydrogen-bond acceptors (Lipinski definition) is 3. The topological polar surface area (TPSA) is 35.5 Å². The number of hydrogen-bond donors (Lipinski definition) is 0. The fourth-order valence-electron chi connectivity index (χ4n) is 5.09. The lowest BCUT2D eigenvalue weighted by Crippen LogP contribution is -2.46. The summed E-state index contributed by atoms with van der Waals surface area (Å²) in [5, 5.41) is -0.443. The molecule has 3 aliphatic rings. The van der Waals surface area contributed by atoms with Crippen LogP contribution in [-0.2, 0) is 4.52 Å². The fraction of sp³-hybridized carbons (Fsp3) is 1.00. The average molecular weight is 320 g/mol. The third-order valence-electron chi connectivity index (χ3n) is 6.59. The lowest BCUT2D eigenvalue weighted by molar-refractivity contribution is -0.206. The molecule has 1 heterocycles. The SMILES string of the molecule is CC(C)N1[C@@H]2[C@H]3CC[C@@](C)([C@@H]2O[P+]1([O-])[C@@H](C)Cl)C3(C)C. The fourth-order valence-corrected chi connectivity index (χ4v) is 8.16. The molecule has 3 rings (SSSR count). The van der Waals surface area contributed by atoms with Crippen molar-refractivity contribution >= 4 is 19.5 Å². The summed E-state index contributed by atoms with van der Waals surface area (Å²) in [4.78, 5) is 13.3. The van der Waals surface area contributed by atoms with Crippen LogP contribution in [0.15, 0.2) is 0 Å². The van der Waals surface area contributed by atoms with Gasteiger partial charge in [-0.3, -0.25) is 0 Å². The molecule has 0 radical (unpaired) electrons. The summed E-state index contributed by atoms with van der Waals surface area (Å²) in [6.45, 7) is 13.1. The molecule has 0 N–H and O–H groups in total. The predicted octanol–water partition coefficient (Wildman–Crippen LogP) is 3.63. The highest BCUT2D eigenvalue weighted by atomic mass is 35.5. The van der Waals surface area contributed by atoms with Crippen LogP contribution in [0, 0.1) is 16.7 Å². The minimum absolute atomic E-state index is 0.0747. The van der Waals surface area contributed by atoms with E-state index in [4.69, 9.17) is 16.1 Å². The van der Waals surface area contributed by atoms with Crippen LogP contribution >= 0.6 is 19.5 Å². The van der Waals surface area contributed by atoms with Gasteiger partial charge in [-0.25, -0.2) is 4.52 Å². The normalized spacial score (nSPS) is 51.8. The Kier molecular flexibility index (Phi) is 3.35. The lowest BCUT2D eigenvalue weighted by Gasteiger charge is -2.42. The van der Waals surface area contributed by atoms with E-state index in [1.54, 1.807) is 0 Å². The van der Waals surface area contributed by atoms with Gasteiger partial charge in [-0.05, 0) is 44.9 Å². The Morgan fingerprint density at radius 1 is 1.30 bits per heavy atom. The molecule has 1 saturated heterocycles. The average Bonchev–Trinajstić information content (AvgIpc) is 2.80. The zero-order valence-electron chi connectivity index (χ0n) is 13.4.